The molecule has 0 unspecified atom stereocenters. The number of carbonyl (C=O) groups is 2. The summed E-state index contributed by atoms with van der Waals surface area (Å²) in [5.74, 6) is -0.196. The van der Waals surface area contributed by atoms with Gasteiger partial charge in [-0.3, -0.25) is 19.7 Å². The highest BCUT2D eigenvalue weighted by atomic mass is 35.5. The second-order valence-electron chi connectivity index (χ2n) is 7.02. The molecule has 0 aliphatic heterocycles. The molecule has 2 N–H and O–H groups in total. The summed E-state index contributed by atoms with van der Waals surface area (Å²) in [4.78, 5) is 41.8. The molecule has 1 heterocycles. The molecule has 0 radical (unpaired) electrons. The molecular weight excluding hydrogens is 434 g/mol. The summed E-state index contributed by atoms with van der Waals surface area (Å²) in [6.07, 6.45) is 1.67. The van der Waals surface area contributed by atoms with Crippen LogP contribution in [0.4, 0.5) is 17.2 Å². The molecule has 1 aromatic heterocycles. The maximum atomic E-state index is 12.8. The van der Waals surface area contributed by atoms with Crippen LogP contribution in [0, 0.1) is 10.1 Å². The van der Waals surface area contributed by atoms with Crippen LogP contribution in [-0.4, -0.2) is 35.8 Å². The highest BCUT2D eigenvalue weighted by Crippen LogP contribution is 2.24. The minimum absolute atomic E-state index is 0.0560. The number of nitrogens with zero attached hydrogens (tertiary/aromatic N) is 3. The molecule has 0 aliphatic rings. The van der Waals surface area contributed by atoms with Gasteiger partial charge in [-0.15, -0.1) is 0 Å². The molecule has 9 nitrogen and oxygen atoms in total. The predicted molar refractivity (Wildman–Crippen MR) is 122 cm³/mol. The van der Waals surface area contributed by atoms with Crippen LogP contribution in [0.2, 0.25) is 5.02 Å². The normalized spacial score (nSPS) is 10.3. The van der Waals surface area contributed by atoms with Gasteiger partial charge in [0.2, 0.25) is 0 Å². The van der Waals surface area contributed by atoms with Gasteiger partial charge in [-0.25, -0.2) is 4.98 Å². The third kappa shape index (κ3) is 5.38. The molecule has 0 fully saturated rings. The number of hydrogen-bond acceptors (Lipinski definition) is 6. The molecule has 164 valence electrons. The zero-order chi connectivity index (χ0) is 23.3. The number of amides is 2. The van der Waals surface area contributed by atoms with E-state index in [0.717, 1.165) is 17.4 Å². The van der Waals surface area contributed by atoms with Crippen molar-refractivity contribution in [2.75, 3.05) is 24.3 Å². The second-order valence-corrected chi connectivity index (χ2v) is 7.43. The zero-order valence-electron chi connectivity index (χ0n) is 17.3. The first-order valence-electron chi connectivity index (χ1n) is 9.51. The third-order valence-electron chi connectivity index (χ3n) is 4.55. The Labute approximate surface area is 189 Å². The Hall–Kier alpha value is -3.98. The average Bonchev–Trinajstić information content (AvgIpc) is 2.77. The summed E-state index contributed by atoms with van der Waals surface area (Å²) in [6, 6.07) is 13.8. The molecule has 0 atom stereocenters. The molecule has 10 heteroatoms. The third-order valence-corrected chi connectivity index (χ3v) is 4.86. The predicted octanol–water partition coefficient (Wildman–Crippen LogP) is 3.89. The van der Waals surface area contributed by atoms with Gasteiger partial charge in [-0.1, -0.05) is 23.7 Å². The van der Waals surface area contributed by atoms with Crippen LogP contribution in [-0.2, 0) is 6.54 Å². The molecule has 2 aromatic carbocycles. The summed E-state index contributed by atoms with van der Waals surface area (Å²) < 4.78 is 0. The van der Waals surface area contributed by atoms with Crippen molar-refractivity contribution in [2.24, 2.45) is 0 Å². The first-order valence-corrected chi connectivity index (χ1v) is 9.89. The fourth-order valence-corrected chi connectivity index (χ4v) is 3.13. The van der Waals surface area contributed by atoms with E-state index >= 15 is 0 Å². The lowest BCUT2D eigenvalue weighted by Gasteiger charge is -2.14. The number of rotatable bonds is 7. The van der Waals surface area contributed by atoms with Gasteiger partial charge in [0.15, 0.2) is 0 Å². The Morgan fingerprint density at radius 1 is 1.06 bits per heavy atom. The Kier molecular flexibility index (Phi) is 7.01. The molecule has 0 saturated carbocycles. The number of aromatic nitrogens is 1. The number of hydrogen-bond donors (Lipinski definition) is 2. The number of nitro groups is 1. The first kappa shape index (κ1) is 22.7. The largest absolute Gasteiger partial charge is 0.363 e. The van der Waals surface area contributed by atoms with Gasteiger partial charge >= 0.3 is 0 Å². The molecule has 32 heavy (non-hydrogen) atoms. The highest BCUT2D eigenvalue weighted by Gasteiger charge is 2.18. The number of nitro benzene ring substituents is 1. The number of anilines is 2. The van der Waals surface area contributed by atoms with Crippen LogP contribution in [0.1, 0.15) is 26.3 Å². The SMILES string of the molecule is CN(C)c1cc(CNC(=O)c2ccccc2NC(=O)c2ccc([N+](=O)[O-])cc2Cl)ccn1. The van der Waals surface area contributed by atoms with Gasteiger partial charge in [0.05, 0.1) is 26.8 Å². The summed E-state index contributed by atoms with van der Waals surface area (Å²) in [6.45, 7) is 0.276. The molecule has 0 spiro atoms. The molecule has 0 saturated heterocycles. The summed E-state index contributed by atoms with van der Waals surface area (Å²) in [5.41, 5.74) is 1.26. The van der Waals surface area contributed by atoms with Crippen LogP contribution in [0.5, 0.6) is 0 Å². The van der Waals surface area contributed by atoms with Crippen LogP contribution >= 0.6 is 11.6 Å². The molecule has 2 amide bonds. The number of benzene rings is 2. The lowest BCUT2D eigenvalue weighted by Crippen LogP contribution is -2.25. The average molecular weight is 454 g/mol. The second kappa shape index (κ2) is 9.88. The Bertz CT molecular complexity index is 1180. The number of nitrogens with one attached hydrogen (secondary N) is 2. The first-order chi connectivity index (χ1) is 15.3. The van der Waals surface area contributed by atoms with E-state index in [-0.39, 0.29) is 40.0 Å². The summed E-state index contributed by atoms with van der Waals surface area (Å²) in [5, 5.41) is 16.3. The maximum absolute atomic E-state index is 12.8. The maximum Gasteiger partial charge on any atom is 0.270 e. The van der Waals surface area contributed by atoms with Gasteiger partial charge in [0.25, 0.3) is 17.5 Å². The fraction of sp³-hybridized carbons (Fsp3) is 0.136. The van der Waals surface area contributed by atoms with Crippen LogP contribution in [0.25, 0.3) is 0 Å². The van der Waals surface area contributed by atoms with E-state index in [0.29, 0.717) is 0 Å². The van der Waals surface area contributed by atoms with Crippen LogP contribution in [0.3, 0.4) is 0 Å². The number of halogens is 1. The standard InChI is InChI=1S/C22H20ClN5O4/c1-27(2)20-11-14(9-10-24-20)13-25-21(29)17-5-3-4-6-19(17)26-22(30)16-8-7-15(28(31)32)12-18(16)23/h3-12H,13H2,1-2H3,(H,25,29)(H,26,30). The van der Waals surface area contributed by atoms with E-state index in [9.17, 15) is 19.7 Å². The monoisotopic (exact) mass is 453 g/mol. The van der Waals surface area contributed by atoms with Crippen molar-refractivity contribution in [3.63, 3.8) is 0 Å². The van der Waals surface area contributed by atoms with Crippen LogP contribution < -0.4 is 15.5 Å². The van der Waals surface area contributed by atoms with Gasteiger partial charge in [-0.2, -0.15) is 0 Å². The quantitative estimate of drug-likeness (QED) is 0.414. The molecule has 3 rings (SSSR count). The van der Waals surface area contributed by atoms with Crippen molar-refractivity contribution < 1.29 is 14.5 Å². The number of carbonyl (C=O) groups excluding carboxylic acids is 2. The van der Waals surface area contributed by atoms with Crippen molar-refractivity contribution in [3.8, 4) is 0 Å². The Morgan fingerprint density at radius 2 is 1.81 bits per heavy atom. The minimum Gasteiger partial charge on any atom is -0.363 e. The molecule has 0 aliphatic carbocycles. The number of para-hydroxylation sites is 1. The minimum atomic E-state index is -0.600. The van der Waals surface area contributed by atoms with E-state index < -0.39 is 10.8 Å². The number of non-ortho nitro benzene ring substituents is 1. The van der Waals surface area contributed by atoms with Gasteiger partial charge in [0.1, 0.15) is 5.82 Å². The zero-order valence-corrected chi connectivity index (χ0v) is 18.1. The summed E-state index contributed by atoms with van der Waals surface area (Å²) >= 11 is 6.04. The molecule has 0 bridgehead atoms. The number of pyridine rings is 1. The Morgan fingerprint density at radius 3 is 2.50 bits per heavy atom. The Balaban J connectivity index is 1.74. The lowest BCUT2D eigenvalue weighted by molar-refractivity contribution is -0.384. The van der Waals surface area contributed by atoms with Crippen molar-refractivity contribution in [3.05, 3.63) is 92.6 Å². The van der Waals surface area contributed by atoms with Gasteiger partial charge in [-0.05, 0) is 35.9 Å². The smallest absolute Gasteiger partial charge is 0.270 e. The summed E-state index contributed by atoms with van der Waals surface area (Å²) in [7, 11) is 3.75. The van der Waals surface area contributed by atoms with E-state index in [1.807, 2.05) is 25.1 Å². The topological polar surface area (TPSA) is 117 Å². The van der Waals surface area contributed by atoms with Gasteiger partial charge < -0.3 is 15.5 Å². The van der Waals surface area contributed by atoms with Gasteiger partial charge in [0, 0.05) is 39.0 Å². The van der Waals surface area contributed by atoms with E-state index in [1.165, 1.54) is 12.1 Å². The highest BCUT2D eigenvalue weighted by molar-refractivity contribution is 6.34. The molecule has 3 aromatic rings. The van der Waals surface area contributed by atoms with Crippen molar-refractivity contribution in [1.29, 1.82) is 0 Å². The fourth-order valence-electron chi connectivity index (χ4n) is 2.87. The van der Waals surface area contributed by atoms with Crippen LogP contribution in [0.15, 0.2) is 60.8 Å². The van der Waals surface area contributed by atoms with E-state index in [4.69, 9.17) is 11.6 Å². The van der Waals surface area contributed by atoms with E-state index in [1.54, 1.807) is 36.5 Å². The lowest BCUT2D eigenvalue weighted by atomic mass is 10.1. The van der Waals surface area contributed by atoms with Crippen molar-refractivity contribution in [1.82, 2.24) is 10.3 Å². The van der Waals surface area contributed by atoms with Crippen molar-refractivity contribution in [2.45, 2.75) is 6.54 Å². The molecular formula is C22H20ClN5O4. The van der Waals surface area contributed by atoms with Crippen molar-refractivity contribution >= 4 is 40.6 Å². The van der Waals surface area contributed by atoms with E-state index in [2.05, 4.69) is 15.6 Å².